The second-order valence-electron chi connectivity index (χ2n) is 4.27. The maximum absolute atomic E-state index is 6.10. The van der Waals surface area contributed by atoms with Crippen LogP contribution < -0.4 is 4.90 Å². The first kappa shape index (κ1) is 12.0. The third kappa shape index (κ3) is 2.12. The minimum atomic E-state index is 0.766. The van der Waals surface area contributed by atoms with Crippen LogP contribution in [0, 0.1) is 0 Å². The first-order valence-corrected chi connectivity index (χ1v) is 7.24. The topological polar surface area (TPSA) is 34.0 Å². The van der Waals surface area contributed by atoms with Crippen LogP contribution in [0.1, 0.15) is 11.4 Å². The first-order chi connectivity index (χ1) is 8.78. The van der Waals surface area contributed by atoms with Crippen LogP contribution in [-0.2, 0) is 18.4 Å². The van der Waals surface area contributed by atoms with E-state index in [-0.39, 0.29) is 0 Å². The van der Waals surface area contributed by atoms with E-state index in [1.54, 1.807) is 6.33 Å². The predicted molar refractivity (Wildman–Crippen MR) is 75.2 cm³/mol. The molecule has 0 radical (unpaired) electrons. The smallest absolute Gasteiger partial charge is 0.152 e. The number of hydrogen-bond acceptors (Lipinski definition) is 3. The van der Waals surface area contributed by atoms with Gasteiger partial charge in [0.1, 0.15) is 6.33 Å². The molecule has 0 saturated heterocycles. The summed E-state index contributed by atoms with van der Waals surface area (Å²) in [7, 11) is 0. The van der Waals surface area contributed by atoms with Gasteiger partial charge in [-0.05, 0) is 17.7 Å². The number of halogens is 2. The highest BCUT2D eigenvalue weighted by atomic mass is 79.9. The van der Waals surface area contributed by atoms with Gasteiger partial charge in [0, 0.05) is 29.1 Å². The van der Waals surface area contributed by atoms with Gasteiger partial charge in [0.2, 0.25) is 0 Å². The molecule has 94 valence electrons. The molecule has 0 N–H and O–H groups in total. The average molecular weight is 328 g/mol. The largest absolute Gasteiger partial charge is 0.362 e. The Hall–Kier alpha value is -1.07. The Morgan fingerprint density at radius 1 is 1.33 bits per heavy atom. The summed E-state index contributed by atoms with van der Waals surface area (Å²) in [5, 5.41) is 9.67. The summed E-state index contributed by atoms with van der Waals surface area (Å²) in [4.78, 5) is 2.30. The lowest BCUT2D eigenvalue weighted by molar-refractivity contribution is 0.559. The van der Waals surface area contributed by atoms with Crippen LogP contribution in [0.5, 0.6) is 0 Å². The van der Waals surface area contributed by atoms with Crippen molar-refractivity contribution in [3.05, 3.63) is 40.9 Å². The number of alkyl halides is 1. The van der Waals surface area contributed by atoms with Crippen molar-refractivity contribution in [2.24, 2.45) is 0 Å². The molecule has 2 heterocycles. The van der Waals surface area contributed by atoms with E-state index in [1.807, 2.05) is 12.1 Å². The van der Waals surface area contributed by atoms with Crippen LogP contribution in [-0.4, -0.2) is 21.3 Å². The molecule has 1 aliphatic heterocycles. The zero-order valence-electron chi connectivity index (χ0n) is 9.68. The predicted octanol–water partition coefficient (Wildman–Crippen LogP) is 2.85. The van der Waals surface area contributed by atoms with Crippen molar-refractivity contribution in [3.63, 3.8) is 0 Å². The van der Waals surface area contributed by atoms with Gasteiger partial charge in [-0.2, -0.15) is 0 Å². The van der Waals surface area contributed by atoms with Crippen molar-refractivity contribution in [3.8, 4) is 0 Å². The van der Waals surface area contributed by atoms with E-state index >= 15 is 0 Å². The molecule has 0 atom stereocenters. The molecule has 6 heteroatoms. The Kier molecular flexibility index (Phi) is 3.26. The normalized spacial score (nSPS) is 14.7. The molecule has 0 spiro atoms. The zero-order chi connectivity index (χ0) is 12.5. The second-order valence-corrected chi connectivity index (χ2v) is 5.27. The average Bonchev–Trinajstić information content (AvgIpc) is 2.85. The summed E-state index contributed by atoms with van der Waals surface area (Å²) in [6.07, 6.45) is 1.79. The fraction of sp³-hybridized carbons (Fsp3) is 0.333. The molecule has 4 nitrogen and oxygen atoms in total. The van der Waals surface area contributed by atoms with E-state index in [9.17, 15) is 0 Å². The van der Waals surface area contributed by atoms with Crippen LogP contribution in [0.4, 0.5) is 5.69 Å². The molecule has 1 aromatic heterocycles. The van der Waals surface area contributed by atoms with Gasteiger partial charge < -0.3 is 9.47 Å². The van der Waals surface area contributed by atoms with Crippen LogP contribution in [0.3, 0.4) is 0 Å². The lowest BCUT2D eigenvalue weighted by Crippen LogP contribution is -2.34. The summed E-state index contributed by atoms with van der Waals surface area (Å²) >= 11 is 9.62. The van der Waals surface area contributed by atoms with Crippen molar-refractivity contribution < 1.29 is 0 Å². The number of fused-ring (bicyclic) bond motifs is 1. The third-order valence-corrected chi connectivity index (χ3v) is 4.01. The summed E-state index contributed by atoms with van der Waals surface area (Å²) in [6, 6.07) is 6.00. The van der Waals surface area contributed by atoms with Crippen LogP contribution in [0.25, 0.3) is 0 Å². The standard InChI is InChI=1S/C12H12BrClN4/c13-6-9-1-2-10(14)5-11(9)17-3-4-18-8-15-16-12(18)7-17/h1-2,5,8H,3-4,6-7H2. The van der Waals surface area contributed by atoms with E-state index in [1.165, 1.54) is 11.3 Å². The van der Waals surface area contributed by atoms with E-state index in [4.69, 9.17) is 11.6 Å². The molecular weight excluding hydrogens is 316 g/mol. The van der Waals surface area contributed by atoms with Crippen LogP contribution in [0.2, 0.25) is 5.02 Å². The van der Waals surface area contributed by atoms with Gasteiger partial charge >= 0.3 is 0 Å². The van der Waals surface area contributed by atoms with Gasteiger partial charge in [0.15, 0.2) is 5.82 Å². The highest BCUT2D eigenvalue weighted by Crippen LogP contribution is 2.29. The molecule has 0 fully saturated rings. The molecule has 0 aliphatic carbocycles. The zero-order valence-corrected chi connectivity index (χ0v) is 12.0. The van der Waals surface area contributed by atoms with Crippen molar-refractivity contribution in [2.45, 2.75) is 18.4 Å². The molecule has 3 rings (SSSR count). The van der Waals surface area contributed by atoms with Crippen molar-refractivity contribution in [2.75, 3.05) is 11.4 Å². The fourth-order valence-corrected chi connectivity index (χ4v) is 2.86. The van der Waals surface area contributed by atoms with Gasteiger partial charge in [-0.3, -0.25) is 0 Å². The number of anilines is 1. The highest BCUT2D eigenvalue weighted by molar-refractivity contribution is 9.08. The highest BCUT2D eigenvalue weighted by Gasteiger charge is 2.19. The molecule has 18 heavy (non-hydrogen) atoms. The van der Waals surface area contributed by atoms with Gasteiger partial charge in [-0.25, -0.2) is 0 Å². The van der Waals surface area contributed by atoms with Gasteiger partial charge in [0.25, 0.3) is 0 Å². The maximum atomic E-state index is 6.10. The Bertz CT molecular complexity index is 569. The first-order valence-electron chi connectivity index (χ1n) is 5.74. The van der Waals surface area contributed by atoms with E-state index < -0.39 is 0 Å². The van der Waals surface area contributed by atoms with Crippen LogP contribution in [0.15, 0.2) is 24.5 Å². The molecular formula is C12H12BrClN4. The minimum Gasteiger partial charge on any atom is -0.362 e. The number of benzene rings is 1. The molecule has 0 saturated carbocycles. The molecule has 1 aliphatic rings. The van der Waals surface area contributed by atoms with Gasteiger partial charge in [0.05, 0.1) is 6.54 Å². The Labute approximate surface area is 119 Å². The monoisotopic (exact) mass is 326 g/mol. The van der Waals surface area contributed by atoms with E-state index in [2.05, 4.69) is 41.7 Å². The number of aromatic nitrogens is 3. The van der Waals surface area contributed by atoms with E-state index in [0.717, 1.165) is 35.8 Å². The maximum Gasteiger partial charge on any atom is 0.152 e. The quantitative estimate of drug-likeness (QED) is 0.795. The molecule has 0 amide bonds. The number of nitrogens with zero attached hydrogens (tertiary/aromatic N) is 4. The number of rotatable bonds is 2. The van der Waals surface area contributed by atoms with E-state index in [0.29, 0.717) is 0 Å². The Morgan fingerprint density at radius 2 is 2.22 bits per heavy atom. The Balaban J connectivity index is 1.94. The number of hydrogen-bond donors (Lipinski definition) is 0. The van der Waals surface area contributed by atoms with Gasteiger partial charge in [-0.1, -0.05) is 33.6 Å². The fourth-order valence-electron chi connectivity index (χ4n) is 2.22. The minimum absolute atomic E-state index is 0.766. The third-order valence-electron chi connectivity index (χ3n) is 3.17. The van der Waals surface area contributed by atoms with Crippen molar-refractivity contribution in [1.29, 1.82) is 0 Å². The SMILES string of the molecule is Clc1ccc(CBr)c(N2CCn3cnnc3C2)c1. The van der Waals surface area contributed by atoms with Crippen molar-refractivity contribution >= 4 is 33.2 Å². The molecule has 1 aromatic carbocycles. The van der Waals surface area contributed by atoms with Gasteiger partial charge in [-0.15, -0.1) is 10.2 Å². The summed E-state index contributed by atoms with van der Waals surface area (Å²) in [5.74, 6) is 1.00. The molecule has 0 unspecified atom stereocenters. The van der Waals surface area contributed by atoms with Crippen LogP contribution >= 0.6 is 27.5 Å². The summed E-state index contributed by atoms with van der Waals surface area (Å²) in [6.45, 7) is 2.64. The second kappa shape index (κ2) is 4.90. The lowest BCUT2D eigenvalue weighted by Gasteiger charge is -2.30. The molecule has 0 bridgehead atoms. The Morgan fingerprint density at radius 3 is 3.06 bits per heavy atom. The summed E-state index contributed by atoms with van der Waals surface area (Å²) in [5.41, 5.74) is 2.42. The molecule has 2 aromatic rings. The van der Waals surface area contributed by atoms with Crippen molar-refractivity contribution in [1.82, 2.24) is 14.8 Å². The lowest BCUT2D eigenvalue weighted by atomic mass is 10.1. The summed E-state index contributed by atoms with van der Waals surface area (Å²) < 4.78 is 2.09.